The number of benzene rings is 2. The summed E-state index contributed by atoms with van der Waals surface area (Å²) in [5.74, 6) is 1.63. The number of carbonyl (C=O) groups excluding carboxylic acids is 1. The number of methoxy groups -OCH3 is 2. The van der Waals surface area contributed by atoms with E-state index >= 15 is 0 Å². The molecule has 2 rings (SSSR count). The summed E-state index contributed by atoms with van der Waals surface area (Å²) in [5, 5.41) is 4.24. The summed E-state index contributed by atoms with van der Waals surface area (Å²) in [4.78, 5) is 12.1. The summed E-state index contributed by atoms with van der Waals surface area (Å²) in [6, 6.07) is 11.4. The molecule has 2 aromatic carbocycles. The van der Waals surface area contributed by atoms with Crippen molar-refractivity contribution in [2.45, 2.75) is 27.2 Å². The number of hydrogen-bond donors (Lipinski definition) is 1. The molecule has 0 aliphatic carbocycles. The van der Waals surface area contributed by atoms with Crippen molar-refractivity contribution >= 4 is 11.6 Å². The van der Waals surface area contributed by atoms with Gasteiger partial charge in [-0.25, -0.2) is 5.43 Å². The molecule has 144 valence electrons. The molecule has 0 unspecified atom stereocenters. The summed E-state index contributed by atoms with van der Waals surface area (Å²) >= 11 is 0. The number of aryl methyl sites for hydroxylation is 2. The van der Waals surface area contributed by atoms with Crippen molar-refractivity contribution in [1.82, 2.24) is 5.43 Å². The highest BCUT2D eigenvalue weighted by Gasteiger charge is 2.10. The number of ether oxygens (including phenoxy) is 3. The summed E-state index contributed by atoms with van der Waals surface area (Å²) in [6.45, 7) is 5.79. The van der Waals surface area contributed by atoms with Crippen LogP contribution < -0.4 is 19.6 Å². The Bertz CT molecular complexity index is 831. The van der Waals surface area contributed by atoms with Gasteiger partial charge in [-0.15, -0.1) is 0 Å². The van der Waals surface area contributed by atoms with Crippen LogP contribution in [-0.4, -0.2) is 32.4 Å². The van der Waals surface area contributed by atoms with E-state index in [1.54, 1.807) is 14.2 Å². The Balaban J connectivity index is 2.03. The standard InChI is InChI=1S/C21H26N2O4/c1-6-17(16-9-10-18(25-4)20(12-16)26-5)22-23-21(24)13-27-19-11-14(2)7-8-15(19)3/h7-12H,6,13H2,1-5H3,(H,23,24)/b22-17+. The van der Waals surface area contributed by atoms with E-state index in [0.29, 0.717) is 23.7 Å². The number of hydrazone groups is 1. The average Bonchev–Trinajstić information content (AvgIpc) is 2.68. The van der Waals surface area contributed by atoms with E-state index in [2.05, 4.69) is 10.5 Å². The van der Waals surface area contributed by atoms with E-state index in [1.165, 1.54) is 0 Å². The Morgan fingerprint density at radius 1 is 1.00 bits per heavy atom. The second kappa shape index (κ2) is 9.62. The van der Waals surface area contributed by atoms with Gasteiger partial charge in [0.2, 0.25) is 0 Å². The fourth-order valence-corrected chi connectivity index (χ4v) is 2.53. The molecular formula is C21H26N2O4. The topological polar surface area (TPSA) is 69.2 Å². The van der Waals surface area contributed by atoms with Crippen LogP contribution in [0.4, 0.5) is 0 Å². The minimum Gasteiger partial charge on any atom is -0.493 e. The highest BCUT2D eigenvalue weighted by molar-refractivity contribution is 6.01. The Morgan fingerprint density at radius 2 is 1.74 bits per heavy atom. The van der Waals surface area contributed by atoms with E-state index in [4.69, 9.17) is 14.2 Å². The molecule has 0 fully saturated rings. The van der Waals surface area contributed by atoms with Crippen molar-refractivity contribution in [1.29, 1.82) is 0 Å². The van der Waals surface area contributed by atoms with E-state index in [-0.39, 0.29) is 12.5 Å². The molecule has 0 saturated heterocycles. The molecule has 1 N–H and O–H groups in total. The smallest absolute Gasteiger partial charge is 0.277 e. The summed E-state index contributed by atoms with van der Waals surface area (Å²) in [7, 11) is 3.17. The van der Waals surface area contributed by atoms with Gasteiger partial charge in [0.15, 0.2) is 18.1 Å². The maximum absolute atomic E-state index is 12.1. The van der Waals surface area contributed by atoms with E-state index in [9.17, 15) is 4.79 Å². The number of nitrogens with zero attached hydrogens (tertiary/aromatic N) is 1. The van der Waals surface area contributed by atoms with E-state index in [0.717, 1.165) is 22.4 Å². The number of amides is 1. The molecule has 0 aromatic heterocycles. The van der Waals surface area contributed by atoms with Gasteiger partial charge in [0.1, 0.15) is 5.75 Å². The highest BCUT2D eigenvalue weighted by Crippen LogP contribution is 2.28. The van der Waals surface area contributed by atoms with Crippen LogP contribution in [0.5, 0.6) is 17.2 Å². The third-order valence-electron chi connectivity index (χ3n) is 4.07. The van der Waals surface area contributed by atoms with Crippen LogP contribution in [0.25, 0.3) is 0 Å². The second-order valence-corrected chi connectivity index (χ2v) is 6.07. The number of hydrogen-bond acceptors (Lipinski definition) is 5. The molecule has 0 spiro atoms. The van der Waals surface area contributed by atoms with Gasteiger partial charge in [-0.1, -0.05) is 19.1 Å². The molecule has 0 aliphatic rings. The SMILES string of the molecule is CC/C(=N\NC(=O)COc1cc(C)ccc1C)c1ccc(OC)c(OC)c1. The van der Waals surface area contributed by atoms with Crippen molar-refractivity contribution in [3.05, 3.63) is 53.1 Å². The van der Waals surface area contributed by atoms with E-state index in [1.807, 2.05) is 57.2 Å². The third kappa shape index (κ3) is 5.48. The lowest BCUT2D eigenvalue weighted by atomic mass is 10.1. The first-order valence-corrected chi connectivity index (χ1v) is 8.76. The predicted molar refractivity (Wildman–Crippen MR) is 106 cm³/mol. The van der Waals surface area contributed by atoms with Gasteiger partial charge >= 0.3 is 0 Å². The fourth-order valence-electron chi connectivity index (χ4n) is 2.53. The molecule has 0 aliphatic heterocycles. The number of nitrogens with one attached hydrogen (secondary N) is 1. The summed E-state index contributed by atoms with van der Waals surface area (Å²) < 4.78 is 16.2. The fraction of sp³-hybridized carbons (Fsp3) is 0.333. The van der Waals surface area contributed by atoms with Crippen molar-refractivity contribution < 1.29 is 19.0 Å². The molecule has 27 heavy (non-hydrogen) atoms. The predicted octanol–water partition coefficient (Wildman–Crippen LogP) is 3.63. The monoisotopic (exact) mass is 370 g/mol. The van der Waals surface area contributed by atoms with Gasteiger partial charge < -0.3 is 14.2 Å². The molecule has 1 amide bonds. The first kappa shape index (κ1) is 20.3. The van der Waals surface area contributed by atoms with Crippen molar-refractivity contribution in [2.75, 3.05) is 20.8 Å². The zero-order chi connectivity index (χ0) is 19.8. The Hall–Kier alpha value is -3.02. The van der Waals surface area contributed by atoms with Gasteiger partial charge in [0.05, 0.1) is 19.9 Å². The van der Waals surface area contributed by atoms with Gasteiger partial charge in [-0.3, -0.25) is 4.79 Å². The van der Waals surface area contributed by atoms with Gasteiger partial charge in [-0.2, -0.15) is 5.10 Å². The average molecular weight is 370 g/mol. The van der Waals surface area contributed by atoms with Gasteiger partial charge in [0.25, 0.3) is 5.91 Å². The quantitative estimate of drug-likeness (QED) is 0.569. The first-order valence-electron chi connectivity index (χ1n) is 8.76. The second-order valence-electron chi connectivity index (χ2n) is 6.07. The lowest BCUT2D eigenvalue weighted by Crippen LogP contribution is -2.26. The van der Waals surface area contributed by atoms with E-state index < -0.39 is 0 Å². The highest BCUT2D eigenvalue weighted by atomic mass is 16.5. The minimum atomic E-state index is -0.317. The van der Waals surface area contributed by atoms with Crippen LogP contribution >= 0.6 is 0 Å². The number of rotatable bonds is 8. The maximum atomic E-state index is 12.1. The molecule has 0 saturated carbocycles. The lowest BCUT2D eigenvalue weighted by Gasteiger charge is -2.11. The Labute approximate surface area is 160 Å². The molecule has 0 atom stereocenters. The first-order chi connectivity index (χ1) is 13.0. The van der Waals surface area contributed by atoms with Crippen LogP contribution in [0, 0.1) is 13.8 Å². The molecule has 0 radical (unpaired) electrons. The van der Waals surface area contributed by atoms with Crippen LogP contribution in [0.1, 0.15) is 30.0 Å². The zero-order valence-electron chi connectivity index (χ0n) is 16.5. The Morgan fingerprint density at radius 3 is 2.41 bits per heavy atom. The van der Waals surface area contributed by atoms with Crippen LogP contribution in [0.2, 0.25) is 0 Å². The molecule has 6 nitrogen and oxygen atoms in total. The van der Waals surface area contributed by atoms with Gasteiger partial charge in [-0.05, 0) is 55.7 Å². The lowest BCUT2D eigenvalue weighted by molar-refractivity contribution is -0.123. The molecule has 2 aromatic rings. The Kier molecular flexibility index (Phi) is 7.23. The van der Waals surface area contributed by atoms with Crippen molar-refractivity contribution in [3.63, 3.8) is 0 Å². The summed E-state index contributed by atoms with van der Waals surface area (Å²) in [6.07, 6.45) is 0.646. The van der Waals surface area contributed by atoms with Crippen molar-refractivity contribution in [3.8, 4) is 17.2 Å². The molecule has 0 heterocycles. The van der Waals surface area contributed by atoms with Crippen LogP contribution in [-0.2, 0) is 4.79 Å². The van der Waals surface area contributed by atoms with Crippen LogP contribution in [0.15, 0.2) is 41.5 Å². The molecular weight excluding hydrogens is 344 g/mol. The largest absolute Gasteiger partial charge is 0.493 e. The van der Waals surface area contributed by atoms with Crippen molar-refractivity contribution in [2.24, 2.45) is 5.10 Å². The normalized spacial score (nSPS) is 11.1. The minimum absolute atomic E-state index is 0.100. The molecule has 0 bridgehead atoms. The number of carbonyl (C=O) groups is 1. The third-order valence-corrected chi connectivity index (χ3v) is 4.07. The maximum Gasteiger partial charge on any atom is 0.277 e. The van der Waals surface area contributed by atoms with Gasteiger partial charge in [0, 0.05) is 5.56 Å². The summed E-state index contributed by atoms with van der Waals surface area (Å²) in [5.41, 5.74) is 6.20. The zero-order valence-corrected chi connectivity index (χ0v) is 16.5. The molecule has 6 heteroatoms. The van der Waals surface area contributed by atoms with Crippen LogP contribution in [0.3, 0.4) is 0 Å².